The summed E-state index contributed by atoms with van der Waals surface area (Å²) in [5.74, 6) is -2.28. The van der Waals surface area contributed by atoms with Gasteiger partial charge in [-0.05, 0) is 44.3 Å². The molecule has 7 atom stereocenters. The molecule has 2 aliphatic rings. The van der Waals surface area contributed by atoms with E-state index in [0.29, 0.717) is 6.42 Å². The summed E-state index contributed by atoms with van der Waals surface area (Å²) in [6.07, 6.45) is 3.61. The van der Waals surface area contributed by atoms with E-state index in [4.69, 9.17) is 9.47 Å². The van der Waals surface area contributed by atoms with E-state index >= 15 is 0 Å². The van der Waals surface area contributed by atoms with Crippen molar-refractivity contribution in [3.8, 4) is 6.07 Å². The minimum atomic E-state index is -1.10. The second kappa shape index (κ2) is 11.3. The Balaban J connectivity index is 1.85. The largest absolute Gasteiger partial charge is 0.458 e. The van der Waals surface area contributed by atoms with E-state index < -0.39 is 35.4 Å². The molecule has 0 spiro atoms. The van der Waals surface area contributed by atoms with Crippen molar-refractivity contribution in [1.82, 2.24) is 4.98 Å². The monoisotopic (exact) mass is 502 g/mol. The average Bonchev–Trinajstić information content (AvgIpc) is 3.42. The number of aliphatic hydroxyl groups is 1. The first-order valence-electron chi connectivity index (χ1n) is 12.5. The lowest BCUT2D eigenvalue weighted by Crippen LogP contribution is -2.43. The topological polar surface area (TPSA) is 113 Å². The number of carbonyl (C=O) groups is 2. The van der Waals surface area contributed by atoms with E-state index in [1.54, 1.807) is 32.1 Å². The van der Waals surface area contributed by atoms with Crippen LogP contribution in [0.2, 0.25) is 0 Å². The molecule has 7 nitrogen and oxygen atoms in total. The van der Waals surface area contributed by atoms with Gasteiger partial charge in [0.2, 0.25) is 0 Å². The third kappa shape index (κ3) is 6.78. The molecule has 2 unspecified atom stereocenters. The zero-order chi connectivity index (χ0) is 25.9. The standard InChI is InChI=1S/C27H38N2O5S/c1-15-8-7-9-21-23(33-21)12-22(16(2)10-20-14-35-18(4)29-20)34-24(30)11-19(13-28)27(5,6)26(32)17(3)25(15)31/h10,14-15,17,19,21-23,25,31H,7-9,11-12H2,1-6H3/t15-,17?,19+,21+,22-,23?,25-/m0/s1. The molecule has 1 aromatic rings. The number of cyclic esters (lactones) is 1. The van der Waals surface area contributed by atoms with Gasteiger partial charge >= 0.3 is 5.97 Å². The number of hydrogen-bond acceptors (Lipinski definition) is 8. The zero-order valence-electron chi connectivity index (χ0n) is 21.6. The van der Waals surface area contributed by atoms with Crippen molar-refractivity contribution in [1.29, 1.82) is 5.26 Å². The molecule has 3 rings (SSSR count). The van der Waals surface area contributed by atoms with Crippen molar-refractivity contribution in [3.63, 3.8) is 0 Å². The molecule has 2 fully saturated rings. The number of nitriles is 1. The van der Waals surface area contributed by atoms with Gasteiger partial charge in [-0.1, -0.05) is 34.1 Å². The number of fused-ring (bicyclic) bond motifs is 1. The second-order valence-corrected chi connectivity index (χ2v) is 11.8. The van der Waals surface area contributed by atoms with E-state index in [0.717, 1.165) is 35.5 Å². The fourth-order valence-corrected chi connectivity index (χ4v) is 5.57. The Labute approximate surface area is 212 Å². The van der Waals surface area contributed by atoms with E-state index in [-0.39, 0.29) is 30.3 Å². The van der Waals surface area contributed by atoms with Gasteiger partial charge in [-0.3, -0.25) is 9.59 Å². The first-order valence-corrected chi connectivity index (χ1v) is 13.4. The fraction of sp³-hybridized carbons (Fsp3) is 0.704. The Bertz CT molecular complexity index is 994. The quantitative estimate of drug-likeness (QED) is 0.453. The molecule has 2 aliphatic heterocycles. The van der Waals surface area contributed by atoms with Crippen LogP contribution in [0.3, 0.4) is 0 Å². The van der Waals surface area contributed by atoms with Crippen LogP contribution in [0.5, 0.6) is 0 Å². The van der Waals surface area contributed by atoms with Gasteiger partial charge in [0.05, 0.1) is 47.4 Å². The number of thiazole rings is 1. The van der Waals surface area contributed by atoms with Crippen LogP contribution in [0.4, 0.5) is 0 Å². The number of carbonyl (C=O) groups excluding carboxylic acids is 2. The van der Waals surface area contributed by atoms with Gasteiger partial charge in [-0.15, -0.1) is 11.3 Å². The van der Waals surface area contributed by atoms with Crippen LogP contribution in [0.1, 0.15) is 77.4 Å². The number of ketones is 1. The Morgan fingerprint density at radius 2 is 2.00 bits per heavy atom. The Morgan fingerprint density at radius 1 is 1.29 bits per heavy atom. The molecule has 0 saturated carbocycles. The molecule has 0 aliphatic carbocycles. The molecule has 2 saturated heterocycles. The number of rotatable bonds is 2. The van der Waals surface area contributed by atoms with Gasteiger partial charge in [0, 0.05) is 23.1 Å². The summed E-state index contributed by atoms with van der Waals surface area (Å²) < 4.78 is 11.8. The number of aliphatic hydroxyl groups excluding tert-OH is 1. The SMILES string of the molecule is CC(=Cc1csc(C)n1)[C@@H]1CC2O[C@@H]2CCC[C@H](C)[C@H](O)C(C)C(=O)C(C)(C)[C@@H](C#N)CC(=O)O1. The number of esters is 1. The van der Waals surface area contributed by atoms with Crippen molar-refractivity contribution in [3.05, 3.63) is 21.7 Å². The molecule has 0 radical (unpaired) electrons. The summed E-state index contributed by atoms with van der Waals surface area (Å²) >= 11 is 1.56. The lowest BCUT2D eigenvalue weighted by molar-refractivity contribution is -0.150. The number of Topliss-reactive ketones (excluding diaryl/α,β-unsaturated/α-hetero) is 1. The summed E-state index contributed by atoms with van der Waals surface area (Å²) in [4.78, 5) is 30.8. The minimum absolute atomic E-state index is 0.00478. The van der Waals surface area contributed by atoms with Crippen molar-refractivity contribution in [2.24, 2.45) is 23.2 Å². The number of epoxide rings is 1. The smallest absolute Gasteiger partial charge is 0.307 e. The van der Waals surface area contributed by atoms with Crippen LogP contribution in [-0.4, -0.2) is 46.3 Å². The van der Waals surface area contributed by atoms with Crippen LogP contribution in [0, 0.1) is 41.4 Å². The lowest BCUT2D eigenvalue weighted by Gasteiger charge is -2.34. The predicted molar refractivity (Wildman–Crippen MR) is 134 cm³/mol. The number of nitrogens with zero attached hydrogens (tertiary/aromatic N) is 2. The van der Waals surface area contributed by atoms with Crippen molar-refractivity contribution < 1.29 is 24.2 Å². The molecule has 0 amide bonds. The van der Waals surface area contributed by atoms with E-state index in [1.165, 1.54) is 0 Å². The molecule has 35 heavy (non-hydrogen) atoms. The molecular weight excluding hydrogens is 464 g/mol. The number of aryl methyl sites for hydroxylation is 1. The second-order valence-electron chi connectivity index (χ2n) is 10.8. The van der Waals surface area contributed by atoms with Crippen molar-refractivity contribution in [2.75, 3.05) is 0 Å². The normalized spacial score (nSPS) is 35.0. The maximum Gasteiger partial charge on any atom is 0.307 e. The van der Waals surface area contributed by atoms with Crippen LogP contribution >= 0.6 is 11.3 Å². The lowest BCUT2D eigenvalue weighted by atomic mass is 9.69. The van der Waals surface area contributed by atoms with E-state index in [2.05, 4.69) is 11.1 Å². The van der Waals surface area contributed by atoms with E-state index in [9.17, 15) is 20.0 Å². The highest BCUT2D eigenvalue weighted by Crippen LogP contribution is 2.38. The summed E-state index contributed by atoms with van der Waals surface area (Å²) in [6.45, 7) is 10.9. The molecule has 0 bridgehead atoms. The van der Waals surface area contributed by atoms with Gasteiger partial charge in [0.15, 0.2) is 0 Å². The summed E-state index contributed by atoms with van der Waals surface area (Å²) in [7, 11) is 0. The highest BCUT2D eigenvalue weighted by atomic mass is 32.1. The van der Waals surface area contributed by atoms with Gasteiger partial charge in [-0.2, -0.15) is 5.26 Å². The molecule has 192 valence electrons. The summed E-state index contributed by atoms with van der Waals surface area (Å²) in [5.41, 5.74) is 0.589. The molecule has 1 N–H and O–H groups in total. The van der Waals surface area contributed by atoms with Crippen molar-refractivity contribution >= 4 is 29.2 Å². The number of hydrogen-bond donors (Lipinski definition) is 1. The third-order valence-corrected chi connectivity index (χ3v) is 8.41. The number of aromatic nitrogens is 1. The number of ether oxygens (including phenoxy) is 2. The van der Waals surface area contributed by atoms with Crippen molar-refractivity contribution in [2.45, 2.75) is 98.1 Å². The summed E-state index contributed by atoms with van der Waals surface area (Å²) in [6, 6.07) is 2.16. The Hall–Kier alpha value is -2.08. The van der Waals surface area contributed by atoms with Crippen LogP contribution < -0.4 is 0 Å². The molecule has 3 heterocycles. The first kappa shape index (κ1) is 27.5. The third-order valence-electron chi connectivity index (χ3n) is 7.62. The highest BCUT2D eigenvalue weighted by Gasteiger charge is 2.45. The molecule has 1 aromatic heterocycles. The van der Waals surface area contributed by atoms with Crippen LogP contribution in [-0.2, 0) is 19.1 Å². The zero-order valence-corrected chi connectivity index (χ0v) is 22.4. The van der Waals surface area contributed by atoms with Gasteiger partial charge in [0.25, 0.3) is 0 Å². The van der Waals surface area contributed by atoms with Crippen LogP contribution in [0.15, 0.2) is 11.0 Å². The van der Waals surface area contributed by atoms with Gasteiger partial charge in [-0.25, -0.2) is 4.98 Å². The average molecular weight is 503 g/mol. The minimum Gasteiger partial charge on any atom is -0.458 e. The fourth-order valence-electron chi connectivity index (χ4n) is 5.00. The Morgan fingerprint density at radius 3 is 2.63 bits per heavy atom. The van der Waals surface area contributed by atoms with Gasteiger partial charge < -0.3 is 14.6 Å². The first-order chi connectivity index (χ1) is 16.4. The predicted octanol–water partition coefficient (Wildman–Crippen LogP) is 4.87. The maximum absolute atomic E-state index is 13.3. The molecule has 0 aromatic carbocycles. The highest BCUT2D eigenvalue weighted by molar-refractivity contribution is 7.09. The molecule has 8 heteroatoms. The Kier molecular flexibility index (Phi) is 8.90. The van der Waals surface area contributed by atoms with Crippen LogP contribution in [0.25, 0.3) is 6.08 Å². The maximum atomic E-state index is 13.3. The van der Waals surface area contributed by atoms with E-state index in [1.807, 2.05) is 32.2 Å². The molecular formula is C27H38N2O5S. The van der Waals surface area contributed by atoms with Gasteiger partial charge in [0.1, 0.15) is 11.9 Å². The summed E-state index contributed by atoms with van der Waals surface area (Å²) in [5, 5.41) is 23.6.